The number of likely N-dealkylation sites (tertiary alicyclic amines) is 1. The third-order valence-corrected chi connectivity index (χ3v) is 12.3. The number of carbonyl (C=O) groups excluding carboxylic acids is 6. The number of amides is 2. The van der Waals surface area contributed by atoms with Crippen molar-refractivity contribution in [2.24, 2.45) is 23.7 Å². The van der Waals surface area contributed by atoms with E-state index in [1.165, 1.54) is 18.7 Å². The molecule has 0 aliphatic carbocycles. The summed E-state index contributed by atoms with van der Waals surface area (Å²) in [5.74, 6) is -2.98. The molecular weight excluding hydrogens is 761 g/mol. The zero-order valence-corrected chi connectivity index (χ0v) is 36.8. The van der Waals surface area contributed by atoms with Crippen LogP contribution in [0.2, 0.25) is 0 Å². The first-order valence-corrected chi connectivity index (χ1v) is 21.7. The standard InChI is InChI=1S/C44H66N4O9S/c1-10-14-41(53)56-26-48(44(55)35(28(5)11-2)23-39(52)37-15-12-13-20-47(37)9)38(27(3)4)24-40(57-31(8)50)43-46-36(25-58-43)42(54)45-33(21-29(6)30(7)49)22-32-16-18-34(51)19-17-32/h16-19,25,27-29,33,35,37-38,40,51H,10-15,20-24,26H2,1-9H3,(H,45,54)/t28?,29-,33+,35-,37+,38+,40+/m0/s1. The van der Waals surface area contributed by atoms with Crippen LogP contribution in [0.4, 0.5) is 0 Å². The summed E-state index contributed by atoms with van der Waals surface area (Å²) in [5, 5.41) is 14.7. The van der Waals surface area contributed by atoms with Gasteiger partial charge in [0, 0.05) is 55.5 Å². The maximum Gasteiger partial charge on any atom is 0.307 e. The molecule has 3 rings (SSSR count). The molecule has 2 heterocycles. The third kappa shape index (κ3) is 14.6. The van der Waals surface area contributed by atoms with Crippen LogP contribution < -0.4 is 5.32 Å². The number of nitrogens with one attached hydrogen (secondary N) is 1. The molecule has 1 aromatic heterocycles. The third-order valence-electron chi connectivity index (χ3n) is 11.4. The number of ether oxygens (including phenoxy) is 2. The van der Waals surface area contributed by atoms with Crippen molar-refractivity contribution in [2.75, 3.05) is 20.3 Å². The van der Waals surface area contributed by atoms with Gasteiger partial charge in [0.2, 0.25) is 5.91 Å². The van der Waals surface area contributed by atoms with Gasteiger partial charge in [-0.15, -0.1) is 11.3 Å². The lowest BCUT2D eigenvalue weighted by Crippen LogP contribution is -2.50. The Hall–Kier alpha value is -4.17. The van der Waals surface area contributed by atoms with Crippen LogP contribution in [0.15, 0.2) is 29.6 Å². The molecule has 14 heteroatoms. The fraction of sp³-hybridized carbons (Fsp3) is 0.659. The zero-order chi connectivity index (χ0) is 43.1. The Labute approximate surface area is 348 Å². The summed E-state index contributed by atoms with van der Waals surface area (Å²) in [6.07, 6.45) is 4.13. The van der Waals surface area contributed by atoms with Crippen molar-refractivity contribution in [3.63, 3.8) is 0 Å². The molecule has 2 aromatic rings. The molecule has 2 amide bonds. The number of hydrogen-bond acceptors (Lipinski definition) is 12. The van der Waals surface area contributed by atoms with E-state index < -0.39 is 42.0 Å². The van der Waals surface area contributed by atoms with Crippen LogP contribution in [0.3, 0.4) is 0 Å². The molecule has 1 fully saturated rings. The summed E-state index contributed by atoms with van der Waals surface area (Å²) in [7, 11) is 1.95. The number of phenolic OH excluding ortho intramolecular Hbond substituents is 1. The number of esters is 2. The molecule has 0 radical (unpaired) electrons. The largest absolute Gasteiger partial charge is 0.508 e. The number of piperidine rings is 1. The number of benzene rings is 1. The molecule has 1 aliphatic rings. The Morgan fingerprint density at radius 2 is 1.71 bits per heavy atom. The van der Waals surface area contributed by atoms with Crippen molar-refractivity contribution in [3.8, 4) is 5.75 Å². The predicted molar refractivity (Wildman–Crippen MR) is 223 cm³/mol. The topological polar surface area (TPSA) is 173 Å². The molecule has 13 nitrogen and oxygen atoms in total. The van der Waals surface area contributed by atoms with Gasteiger partial charge in [-0.1, -0.05) is 66.5 Å². The Morgan fingerprint density at radius 3 is 2.29 bits per heavy atom. The van der Waals surface area contributed by atoms with Gasteiger partial charge in [0.05, 0.1) is 6.04 Å². The van der Waals surface area contributed by atoms with Crippen LogP contribution in [0, 0.1) is 23.7 Å². The van der Waals surface area contributed by atoms with E-state index in [2.05, 4.69) is 15.2 Å². The van der Waals surface area contributed by atoms with Crippen molar-refractivity contribution in [1.82, 2.24) is 20.1 Å². The number of nitrogens with zero attached hydrogens (tertiary/aromatic N) is 3. The number of Topliss-reactive ketones (excluding diaryl/α,β-unsaturated/α-hetero) is 2. The summed E-state index contributed by atoms with van der Waals surface area (Å²) >= 11 is 1.15. The van der Waals surface area contributed by atoms with E-state index in [9.17, 15) is 33.9 Å². The van der Waals surface area contributed by atoms with Gasteiger partial charge < -0.3 is 24.8 Å². The molecule has 322 valence electrons. The van der Waals surface area contributed by atoms with Crippen LogP contribution in [0.5, 0.6) is 5.75 Å². The molecule has 7 atom stereocenters. The SMILES string of the molecule is CCCC(=O)OCN(C(=O)[C@@H](CC(=O)[C@H]1CCCCN1C)C(C)CC)[C@H](C[C@@H](OC(C)=O)c1nc(C(=O)N[C@@H](Cc2ccc(O)cc2)C[C@H](C)C(C)=O)cs1)C(C)C. The van der Waals surface area contributed by atoms with Gasteiger partial charge in [-0.25, -0.2) is 4.98 Å². The Morgan fingerprint density at radius 1 is 1.02 bits per heavy atom. The van der Waals surface area contributed by atoms with Gasteiger partial charge >= 0.3 is 11.9 Å². The van der Waals surface area contributed by atoms with Gasteiger partial charge in [0.25, 0.3) is 5.91 Å². The summed E-state index contributed by atoms with van der Waals surface area (Å²) in [6, 6.07) is 5.37. The highest BCUT2D eigenvalue weighted by Gasteiger charge is 2.39. The highest BCUT2D eigenvalue weighted by Crippen LogP contribution is 2.34. The van der Waals surface area contributed by atoms with E-state index in [1.54, 1.807) is 29.6 Å². The first-order valence-electron chi connectivity index (χ1n) is 20.9. The molecule has 1 saturated heterocycles. The number of carbonyl (C=O) groups is 6. The number of aromatic nitrogens is 1. The van der Waals surface area contributed by atoms with Crippen LogP contribution in [-0.4, -0.2) is 93.7 Å². The lowest BCUT2D eigenvalue weighted by Gasteiger charge is -2.39. The average molecular weight is 827 g/mol. The van der Waals surface area contributed by atoms with Gasteiger partial charge in [-0.05, 0) is 82.2 Å². The minimum Gasteiger partial charge on any atom is -0.508 e. The number of rotatable bonds is 23. The number of aromatic hydroxyl groups is 1. The number of likely N-dealkylation sites (N-methyl/N-ethyl adjacent to an activating group) is 1. The summed E-state index contributed by atoms with van der Waals surface area (Å²) in [5.41, 5.74) is 0.974. The number of phenols is 1. The van der Waals surface area contributed by atoms with Crippen LogP contribution in [-0.2, 0) is 39.9 Å². The van der Waals surface area contributed by atoms with Crippen LogP contribution >= 0.6 is 11.3 Å². The van der Waals surface area contributed by atoms with Gasteiger partial charge in [0.1, 0.15) is 22.2 Å². The maximum absolute atomic E-state index is 14.8. The smallest absolute Gasteiger partial charge is 0.307 e. The van der Waals surface area contributed by atoms with E-state index >= 15 is 0 Å². The van der Waals surface area contributed by atoms with Crippen molar-refractivity contribution >= 4 is 46.7 Å². The van der Waals surface area contributed by atoms with E-state index in [-0.39, 0.29) is 78.7 Å². The lowest BCUT2D eigenvalue weighted by atomic mass is 9.82. The van der Waals surface area contributed by atoms with Gasteiger partial charge in [-0.3, -0.25) is 33.7 Å². The first-order chi connectivity index (χ1) is 27.4. The summed E-state index contributed by atoms with van der Waals surface area (Å²) in [6.45, 7) is 14.8. The van der Waals surface area contributed by atoms with Crippen molar-refractivity contribution in [1.29, 1.82) is 0 Å². The van der Waals surface area contributed by atoms with E-state index in [0.29, 0.717) is 30.7 Å². The van der Waals surface area contributed by atoms with Gasteiger partial charge in [-0.2, -0.15) is 0 Å². The Kier molecular flexibility index (Phi) is 19.5. The minimum atomic E-state index is -0.955. The molecule has 0 saturated carbocycles. The second-order valence-electron chi connectivity index (χ2n) is 16.4. The number of hydrogen-bond donors (Lipinski definition) is 2. The Balaban J connectivity index is 1.95. The van der Waals surface area contributed by atoms with E-state index in [0.717, 1.165) is 42.7 Å². The molecule has 0 bridgehead atoms. The monoisotopic (exact) mass is 826 g/mol. The molecule has 1 unspecified atom stereocenters. The van der Waals surface area contributed by atoms with E-state index in [4.69, 9.17) is 9.47 Å². The number of thiazole rings is 1. The fourth-order valence-corrected chi connectivity index (χ4v) is 8.32. The minimum absolute atomic E-state index is 0.00335. The quantitative estimate of drug-likeness (QED) is 0.0868. The van der Waals surface area contributed by atoms with Gasteiger partial charge in [0.15, 0.2) is 18.6 Å². The lowest BCUT2D eigenvalue weighted by molar-refractivity contribution is -0.161. The average Bonchev–Trinajstić information content (AvgIpc) is 3.67. The summed E-state index contributed by atoms with van der Waals surface area (Å²) in [4.78, 5) is 88.0. The maximum atomic E-state index is 14.8. The molecule has 1 aliphatic heterocycles. The molecular formula is C44H66N4O9S. The number of ketones is 2. The zero-order valence-electron chi connectivity index (χ0n) is 36.0. The summed E-state index contributed by atoms with van der Waals surface area (Å²) < 4.78 is 11.5. The highest BCUT2D eigenvalue weighted by molar-refractivity contribution is 7.09. The second-order valence-corrected chi connectivity index (χ2v) is 17.3. The van der Waals surface area contributed by atoms with Crippen molar-refractivity contribution < 1.29 is 43.3 Å². The molecule has 58 heavy (non-hydrogen) atoms. The van der Waals surface area contributed by atoms with E-state index in [1.807, 2.05) is 48.6 Å². The van der Waals surface area contributed by atoms with Crippen molar-refractivity contribution in [2.45, 2.75) is 144 Å². The van der Waals surface area contributed by atoms with Crippen molar-refractivity contribution in [3.05, 3.63) is 45.9 Å². The molecule has 0 spiro atoms. The normalized spacial score (nSPS) is 17.7. The molecule has 2 N–H and O–H groups in total. The van der Waals surface area contributed by atoms with Crippen LogP contribution in [0.25, 0.3) is 0 Å². The second kappa shape index (κ2) is 23.4. The van der Waals surface area contributed by atoms with Crippen LogP contribution in [0.1, 0.15) is 140 Å². The predicted octanol–water partition coefficient (Wildman–Crippen LogP) is 7.06. The molecule has 1 aromatic carbocycles. The highest BCUT2D eigenvalue weighted by atomic mass is 32.1. The first kappa shape index (κ1) is 48.2. The fourth-order valence-electron chi connectivity index (χ4n) is 7.48. The Bertz CT molecular complexity index is 1680.